The molecule has 1 aromatic carbocycles. The second-order valence-corrected chi connectivity index (χ2v) is 5.30. The van der Waals surface area contributed by atoms with Crippen molar-refractivity contribution in [3.05, 3.63) is 24.3 Å². The number of hydrogen-bond donors (Lipinski definition) is 2. The number of rotatable bonds is 6. The van der Waals surface area contributed by atoms with E-state index < -0.39 is 22.0 Å². The Bertz CT molecular complexity index is 509. The molecule has 0 aliphatic carbocycles. The monoisotopic (exact) mass is 273 g/mol. The van der Waals surface area contributed by atoms with Gasteiger partial charge in [-0.15, -0.1) is 0 Å². The summed E-state index contributed by atoms with van der Waals surface area (Å²) in [4.78, 5) is 10.6. The van der Waals surface area contributed by atoms with Gasteiger partial charge in [-0.3, -0.25) is 4.79 Å². The van der Waals surface area contributed by atoms with E-state index in [4.69, 9.17) is 9.84 Å². The molecule has 0 aromatic heterocycles. The lowest BCUT2D eigenvalue weighted by molar-refractivity contribution is -0.138. The van der Waals surface area contributed by atoms with Crippen LogP contribution in [0.1, 0.15) is 13.8 Å². The first-order valence-corrected chi connectivity index (χ1v) is 6.83. The number of aliphatic carboxylic acids is 1. The van der Waals surface area contributed by atoms with Crippen molar-refractivity contribution in [1.29, 1.82) is 0 Å². The molecule has 18 heavy (non-hydrogen) atoms. The first kappa shape index (κ1) is 14.5. The molecule has 7 heteroatoms. The second kappa shape index (κ2) is 5.83. The minimum Gasteiger partial charge on any atom is -0.494 e. The van der Waals surface area contributed by atoms with Crippen LogP contribution in [0.5, 0.6) is 5.75 Å². The van der Waals surface area contributed by atoms with Gasteiger partial charge in [0.1, 0.15) is 11.8 Å². The SMILES string of the molecule is CCOc1ccc(S(=O)(=O)N[C@@H](C)C(=O)O)cc1. The quantitative estimate of drug-likeness (QED) is 0.801. The molecule has 0 amide bonds. The molecule has 0 unspecified atom stereocenters. The van der Waals surface area contributed by atoms with Gasteiger partial charge in [-0.2, -0.15) is 4.72 Å². The zero-order valence-corrected chi connectivity index (χ0v) is 10.9. The van der Waals surface area contributed by atoms with Crippen LogP contribution in [0.3, 0.4) is 0 Å². The molecule has 0 heterocycles. The molecule has 0 aliphatic rings. The average Bonchev–Trinajstić information content (AvgIpc) is 2.29. The van der Waals surface area contributed by atoms with Crippen LogP contribution in [0.4, 0.5) is 0 Å². The largest absolute Gasteiger partial charge is 0.494 e. The van der Waals surface area contributed by atoms with Crippen molar-refractivity contribution in [1.82, 2.24) is 4.72 Å². The Hall–Kier alpha value is -1.60. The number of benzene rings is 1. The first-order valence-electron chi connectivity index (χ1n) is 5.35. The fraction of sp³-hybridized carbons (Fsp3) is 0.364. The number of hydrogen-bond acceptors (Lipinski definition) is 4. The third kappa shape index (κ3) is 3.71. The molecule has 100 valence electrons. The van der Waals surface area contributed by atoms with E-state index in [0.29, 0.717) is 12.4 Å². The Morgan fingerprint density at radius 1 is 1.39 bits per heavy atom. The van der Waals surface area contributed by atoms with Crippen molar-refractivity contribution in [2.24, 2.45) is 0 Å². The molecule has 0 spiro atoms. The van der Waals surface area contributed by atoms with Crippen LogP contribution in [0.2, 0.25) is 0 Å². The molecule has 1 atom stereocenters. The highest BCUT2D eigenvalue weighted by molar-refractivity contribution is 7.89. The Morgan fingerprint density at radius 2 is 1.94 bits per heavy atom. The minimum atomic E-state index is -3.82. The predicted octanol–water partition coefficient (Wildman–Crippen LogP) is 0.837. The summed E-state index contributed by atoms with van der Waals surface area (Å²) in [6.07, 6.45) is 0. The van der Waals surface area contributed by atoms with E-state index in [0.717, 1.165) is 0 Å². The highest BCUT2D eigenvalue weighted by Gasteiger charge is 2.21. The van der Waals surface area contributed by atoms with Gasteiger partial charge in [0.2, 0.25) is 10.0 Å². The average molecular weight is 273 g/mol. The number of sulfonamides is 1. The molecule has 1 aromatic rings. The van der Waals surface area contributed by atoms with Crippen molar-refractivity contribution in [2.75, 3.05) is 6.61 Å². The van der Waals surface area contributed by atoms with E-state index in [2.05, 4.69) is 4.72 Å². The summed E-state index contributed by atoms with van der Waals surface area (Å²) in [6.45, 7) is 3.57. The summed E-state index contributed by atoms with van der Waals surface area (Å²) in [5, 5.41) is 8.66. The van der Waals surface area contributed by atoms with E-state index in [9.17, 15) is 13.2 Å². The van der Waals surface area contributed by atoms with Crippen LogP contribution in [0.15, 0.2) is 29.2 Å². The highest BCUT2D eigenvalue weighted by atomic mass is 32.2. The van der Waals surface area contributed by atoms with Crippen molar-refractivity contribution in [3.63, 3.8) is 0 Å². The van der Waals surface area contributed by atoms with Gasteiger partial charge in [0.05, 0.1) is 11.5 Å². The molecule has 6 nitrogen and oxygen atoms in total. The number of ether oxygens (including phenoxy) is 1. The molecule has 0 radical (unpaired) electrons. The van der Waals surface area contributed by atoms with E-state index in [-0.39, 0.29) is 4.90 Å². The summed E-state index contributed by atoms with van der Waals surface area (Å²) in [7, 11) is -3.82. The molecule has 0 aliphatic heterocycles. The van der Waals surface area contributed by atoms with Crippen LogP contribution in [0, 0.1) is 0 Å². The van der Waals surface area contributed by atoms with Crippen molar-refractivity contribution in [2.45, 2.75) is 24.8 Å². The third-order valence-corrected chi connectivity index (χ3v) is 3.70. The zero-order chi connectivity index (χ0) is 13.8. The Morgan fingerprint density at radius 3 is 2.39 bits per heavy atom. The van der Waals surface area contributed by atoms with Gasteiger partial charge in [0.25, 0.3) is 0 Å². The summed E-state index contributed by atoms with van der Waals surface area (Å²) >= 11 is 0. The molecule has 1 rings (SSSR count). The molecule has 0 fully saturated rings. The van der Waals surface area contributed by atoms with E-state index in [1.165, 1.54) is 31.2 Å². The lowest BCUT2D eigenvalue weighted by Crippen LogP contribution is -2.38. The van der Waals surface area contributed by atoms with Gasteiger partial charge in [0.15, 0.2) is 0 Å². The second-order valence-electron chi connectivity index (χ2n) is 3.59. The first-order chi connectivity index (χ1) is 8.36. The maximum Gasteiger partial charge on any atom is 0.321 e. The van der Waals surface area contributed by atoms with Crippen LogP contribution in [0.25, 0.3) is 0 Å². The van der Waals surface area contributed by atoms with Crippen LogP contribution >= 0.6 is 0 Å². The van der Waals surface area contributed by atoms with Crippen molar-refractivity contribution < 1.29 is 23.1 Å². The summed E-state index contributed by atoms with van der Waals surface area (Å²) in [6, 6.07) is 4.58. The molecular weight excluding hydrogens is 258 g/mol. The summed E-state index contributed by atoms with van der Waals surface area (Å²) in [5.74, 6) is -0.674. The van der Waals surface area contributed by atoms with Gasteiger partial charge in [-0.1, -0.05) is 0 Å². The van der Waals surface area contributed by atoms with E-state index in [1.807, 2.05) is 6.92 Å². The predicted molar refractivity (Wildman–Crippen MR) is 65.0 cm³/mol. The number of carbonyl (C=O) groups is 1. The standard InChI is InChI=1S/C11H15NO5S/c1-3-17-9-4-6-10(7-5-9)18(15,16)12-8(2)11(13)14/h4-8,12H,3H2,1-2H3,(H,13,14)/t8-/m0/s1. The van der Waals surface area contributed by atoms with E-state index >= 15 is 0 Å². The highest BCUT2D eigenvalue weighted by Crippen LogP contribution is 2.16. The Labute approximate surface area is 106 Å². The smallest absolute Gasteiger partial charge is 0.321 e. The normalized spacial score (nSPS) is 13.0. The molecule has 2 N–H and O–H groups in total. The summed E-state index contributed by atoms with van der Waals surface area (Å²) in [5.41, 5.74) is 0. The molecule has 0 saturated heterocycles. The fourth-order valence-electron chi connectivity index (χ4n) is 1.23. The molecule has 0 bridgehead atoms. The van der Waals surface area contributed by atoms with Gasteiger partial charge < -0.3 is 9.84 Å². The van der Waals surface area contributed by atoms with Gasteiger partial charge in [-0.05, 0) is 38.1 Å². The maximum absolute atomic E-state index is 11.8. The minimum absolute atomic E-state index is 0.000877. The van der Waals surface area contributed by atoms with Gasteiger partial charge >= 0.3 is 5.97 Å². The van der Waals surface area contributed by atoms with Crippen molar-refractivity contribution >= 4 is 16.0 Å². The summed E-state index contributed by atoms with van der Waals surface area (Å²) < 4.78 is 30.8. The Kier molecular flexibility index (Phi) is 4.69. The van der Waals surface area contributed by atoms with E-state index in [1.54, 1.807) is 0 Å². The molecular formula is C11H15NO5S. The van der Waals surface area contributed by atoms with Crippen LogP contribution < -0.4 is 9.46 Å². The van der Waals surface area contributed by atoms with Gasteiger partial charge in [-0.25, -0.2) is 8.42 Å². The number of carboxylic acids is 1. The van der Waals surface area contributed by atoms with Gasteiger partial charge in [0, 0.05) is 0 Å². The lowest BCUT2D eigenvalue weighted by Gasteiger charge is -2.10. The Balaban J connectivity index is 2.88. The topological polar surface area (TPSA) is 92.7 Å². The molecule has 0 saturated carbocycles. The zero-order valence-electron chi connectivity index (χ0n) is 10.1. The third-order valence-electron chi connectivity index (χ3n) is 2.15. The van der Waals surface area contributed by atoms with Crippen LogP contribution in [-0.2, 0) is 14.8 Å². The lowest BCUT2D eigenvalue weighted by atomic mass is 10.3. The maximum atomic E-state index is 11.8. The number of carboxylic acid groups (broad SMARTS) is 1. The number of nitrogens with one attached hydrogen (secondary N) is 1. The fourth-order valence-corrected chi connectivity index (χ4v) is 2.43. The van der Waals surface area contributed by atoms with Crippen LogP contribution in [-0.4, -0.2) is 32.1 Å². The van der Waals surface area contributed by atoms with Crippen molar-refractivity contribution in [3.8, 4) is 5.75 Å².